The number of carbonyl (C=O) groups is 1. The number of aromatic nitrogens is 1. The van der Waals surface area contributed by atoms with Crippen molar-refractivity contribution in [3.05, 3.63) is 33.2 Å². The molecule has 1 aromatic heterocycles. The van der Waals surface area contributed by atoms with Crippen molar-refractivity contribution in [2.24, 2.45) is 5.73 Å². The van der Waals surface area contributed by atoms with Crippen LogP contribution in [0.2, 0.25) is 0 Å². The molecule has 0 aliphatic carbocycles. The summed E-state index contributed by atoms with van der Waals surface area (Å²) in [6.45, 7) is 1.72. The van der Waals surface area contributed by atoms with Gasteiger partial charge in [0.1, 0.15) is 6.07 Å². The predicted molar refractivity (Wildman–Crippen MR) is 74.4 cm³/mol. The minimum atomic E-state index is -0.424. The molecule has 1 aromatic rings. The van der Waals surface area contributed by atoms with Crippen molar-refractivity contribution in [2.45, 2.75) is 11.5 Å². The van der Waals surface area contributed by atoms with Gasteiger partial charge in [-0.3, -0.25) is 9.59 Å². The van der Waals surface area contributed by atoms with Gasteiger partial charge in [-0.1, -0.05) is 0 Å². The highest BCUT2D eigenvalue weighted by Crippen LogP contribution is 2.38. The molecule has 0 spiro atoms. The van der Waals surface area contributed by atoms with E-state index in [-0.39, 0.29) is 15.9 Å². The van der Waals surface area contributed by atoms with Crippen molar-refractivity contribution in [1.29, 1.82) is 5.26 Å². The lowest BCUT2D eigenvalue weighted by atomic mass is 10.1. The number of nitriles is 1. The smallest absolute Gasteiger partial charge is 0.248 e. The van der Waals surface area contributed by atoms with E-state index < -0.39 is 5.91 Å². The van der Waals surface area contributed by atoms with Crippen LogP contribution in [0.1, 0.15) is 21.4 Å². The first-order chi connectivity index (χ1) is 8.49. The normalized spacial score (nSPS) is 11.8. The molecule has 0 fully saturated rings. The molecule has 0 aliphatic rings. The molecular weight excluding hydrogens is 270 g/mol. The Kier molecular flexibility index (Phi) is 5.31. The lowest BCUT2D eigenvalue weighted by molar-refractivity contribution is -0.115. The summed E-state index contributed by atoms with van der Waals surface area (Å²) >= 11 is 2.74. The van der Waals surface area contributed by atoms with E-state index in [1.54, 1.807) is 6.92 Å². The van der Waals surface area contributed by atoms with Crippen LogP contribution in [0, 0.1) is 18.3 Å². The second-order valence-corrected chi connectivity index (χ2v) is 5.90. The molecule has 3 N–H and O–H groups in total. The zero-order valence-electron chi connectivity index (χ0n) is 10.0. The first-order valence-electron chi connectivity index (χ1n) is 5.06. The van der Waals surface area contributed by atoms with Crippen LogP contribution < -0.4 is 11.3 Å². The van der Waals surface area contributed by atoms with Gasteiger partial charge >= 0.3 is 0 Å². The summed E-state index contributed by atoms with van der Waals surface area (Å²) in [5.41, 5.74) is 6.48. The second-order valence-electron chi connectivity index (χ2n) is 3.56. The molecule has 1 atom stereocenters. The zero-order valence-corrected chi connectivity index (χ0v) is 11.7. The van der Waals surface area contributed by atoms with Crippen LogP contribution in [-0.4, -0.2) is 22.9 Å². The summed E-state index contributed by atoms with van der Waals surface area (Å²) < 4.78 is -0.195. The summed E-state index contributed by atoms with van der Waals surface area (Å²) in [4.78, 5) is 24.9. The van der Waals surface area contributed by atoms with Gasteiger partial charge in [-0.05, 0) is 18.7 Å². The van der Waals surface area contributed by atoms with Crippen molar-refractivity contribution in [3.8, 4) is 6.07 Å². The number of nitrogens with two attached hydrogens (primary N) is 1. The van der Waals surface area contributed by atoms with Gasteiger partial charge in [0, 0.05) is 6.07 Å². The highest BCUT2D eigenvalue weighted by molar-refractivity contribution is 8.16. The second kappa shape index (κ2) is 6.52. The number of pyridine rings is 1. The minimum absolute atomic E-state index is 0.145. The molecular formula is C11H13N3O2S2. The Morgan fingerprint density at radius 3 is 2.83 bits per heavy atom. The molecule has 0 radical (unpaired) electrons. The molecule has 1 heterocycles. The Morgan fingerprint density at radius 2 is 2.33 bits per heavy atom. The highest BCUT2D eigenvalue weighted by atomic mass is 32.2. The third-order valence-electron chi connectivity index (χ3n) is 2.21. The van der Waals surface area contributed by atoms with E-state index in [1.165, 1.54) is 29.6 Å². The number of hydrogen-bond donors (Lipinski definition) is 2. The maximum absolute atomic E-state index is 11.5. The monoisotopic (exact) mass is 283 g/mol. The van der Waals surface area contributed by atoms with Crippen LogP contribution >= 0.6 is 23.5 Å². The topological polar surface area (TPSA) is 99.7 Å². The number of aromatic amines is 1. The van der Waals surface area contributed by atoms with Crippen LogP contribution in [0.5, 0.6) is 0 Å². The van der Waals surface area contributed by atoms with Gasteiger partial charge in [0.25, 0.3) is 0 Å². The lowest BCUT2D eigenvalue weighted by Crippen LogP contribution is -2.16. The summed E-state index contributed by atoms with van der Waals surface area (Å²) in [7, 11) is 0. The number of nitrogens with zero attached hydrogens (tertiary/aromatic N) is 1. The number of rotatable bonds is 5. The summed E-state index contributed by atoms with van der Waals surface area (Å²) in [5, 5.41) is 9.13. The van der Waals surface area contributed by atoms with Crippen LogP contribution in [0.3, 0.4) is 0 Å². The SMILES string of the molecule is CSC(SCC(N)=O)c1[nH]c(=O)cc(C)c1C#N. The Balaban J connectivity index is 3.16. The number of H-pyrrole nitrogens is 1. The van der Waals surface area contributed by atoms with Crippen molar-refractivity contribution in [1.82, 2.24) is 4.98 Å². The molecule has 96 valence electrons. The quantitative estimate of drug-likeness (QED) is 0.789. The van der Waals surface area contributed by atoms with Crippen molar-refractivity contribution < 1.29 is 4.79 Å². The van der Waals surface area contributed by atoms with Gasteiger partial charge in [0.15, 0.2) is 0 Å². The number of amides is 1. The molecule has 5 nitrogen and oxygen atoms in total. The van der Waals surface area contributed by atoms with E-state index in [4.69, 9.17) is 11.0 Å². The first kappa shape index (κ1) is 14.7. The van der Waals surface area contributed by atoms with E-state index >= 15 is 0 Å². The number of primary amides is 1. The first-order valence-corrected chi connectivity index (χ1v) is 7.40. The van der Waals surface area contributed by atoms with Gasteiger partial charge in [-0.15, -0.1) is 23.5 Å². The molecule has 0 saturated carbocycles. The standard InChI is InChI=1S/C11H13N3O2S2/c1-6-3-9(16)14-10(7(6)4-12)11(17-2)18-5-8(13)15/h3,11H,5H2,1-2H3,(H2,13,15)(H,14,16). The van der Waals surface area contributed by atoms with Crippen molar-refractivity contribution in [3.63, 3.8) is 0 Å². The number of hydrogen-bond acceptors (Lipinski definition) is 5. The fourth-order valence-electron chi connectivity index (χ4n) is 1.46. The van der Waals surface area contributed by atoms with Crippen molar-refractivity contribution in [2.75, 3.05) is 12.0 Å². The number of carbonyl (C=O) groups excluding carboxylic acids is 1. The highest BCUT2D eigenvalue weighted by Gasteiger charge is 2.18. The van der Waals surface area contributed by atoms with E-state index in [2.05, 4.69) is 11.1 Å². The molecule has 1 unspecified atom stereocenters. The minimum Gasteiger partial charge on any atom is -0.369 e. The zero-order chi connectivity index (χ0) is 13.7. The number of thioether (sulfide) groups is 2. The van der Waals surface area contributed by atoms with Gasteiger partial charge < -0.3 is 10.7 Å². The van der Waals surface area contributed by atoms with Gasteiger partial charge in [-0.2, -0.15) is 5.26 Å². The fraction of sp³-hybridized carbons (Fsp3) is 0.364. The average Bonchev–Trinajstić information content (AvgIpc) is 2.29. The Bertz CT molecular complexity index is 548. The van der Waals surface area contributed by atoms with E-state index in [9.17, 15) is 9.59 Å². The largest absolute Gasteiger partial charge is 0.369 e. The van der Waals surface area contributed by atoms with Crippen LogP contribution in [0.25, 0.3) is 0 Å². The average molecular weight is 283 g/mol. The Hall–Kier alpha value is -1.39. The Morgan fingerprint density at radius 1 is 1.67 bits per heavy atom. The molecule has 18 heavy (non-hydrogen) atoms. The maximum atomic E-state index is 11.5. The number of nitrogens with one attached hydrogen (secondary N) is 1. The van der Waals surface area contributed by atoms with Gasteiger partial charge in [0.05, 0.1) is 21.6 Å². The van der Waals surface area contributed by atoms with Gasteiger partial charge in [-0.25, -0.2) is 0 Å². The fourth-order valence-corrected chi connectivity index (χ4v) is 3.28. The molecule has 7 heteroatoms. The lowest BCUT2D eigenvalue weighted by Gasteiger charge is -2.15. The van der Waals surface area contributed by atoms with E-state index in [1.807, 2.05) is 6.26 Å². The Labute approximate surface area is 113 Å². The summed E-state index contributed by atoms with van der Waals surface area (Å²) in [5.74, 6) is -0.278. The number of aryl methyl sites for hydroxylation is 1. The van der Waals surface area contributed by atoms with E-state index in [0.29, 0.717) is 16.8 Å². The van der Waals surface area contributed by atoms with Crippen LogP contribution in [0.15, 0.2) is 10.9 Å². The molecule has 0 aromatic carbocycles. The predicted octanol–water partition coefficient (Wildman–Crippen LogP) is 1.14. The van der Waals surface area contributed by atoms with E-state index in [0.717, 1.165) is 0 Å². The van der Waals surface area contributed by atoms with Crippen LogP contribution in [-0.2, 0) is 4.79 Å². The maximum Gasteiger partial charge on any atom is 0.248 e. The van der Waals surface area contributed by atoms with Crippen molar-refractivity contribution >= 4 is 29.4 Å². The third-order valence-corrected chi connectivity index (χ3v) is 4.85. The third kappa shape index (κ3) is 3.55. The molecule has 0 bridgehead atoms. The van der Waals surface area contributed by atoms with Crippen LogP contribution in [0.4, 0.5) is 0 Å². The molecule has 0 aliphatic heterocycles. The molecule has 1 rings (SSSR count). The summed E-state index contributed by atoms with van der Waals surface area (Å²) in [6.07, 6.45) is 1.85. The summed E-state index contributed by atoms with van der Waals surface area (Å²) in [6, 6.07) is 3.47. The molecule has 0 saturated heterocycles. The van der Waals surface area contributed by atoms with Gasteiger partial charge in [0.2, 0.25) is 11.5 Å². The molecule has 1 amide bonds.